The van der Waals surface area contributed by atoms with E-state index < -0.39 is 15.5 Å². The van der Waals surface area contributed by atoms with Crippen molar-refractivity contribution in [2.45, 2.75) is 19.4 Å². The van der Waals surface area contributed by atoms with Crippen LogP contribution in [0.5, 0.6) is 0 Å². The lowest BCUT2D eigenvalue weighted by atomic mass is 10.1. The van der Waals surface area contributed by atoms with Gasteiger partial charge in [0.15, 0.2) is 0 Å². The van der Waals surface area contributed by atoms with Gasteiger partial charge in [-0.15, -0.1) is 0 Å². The van der Waals surface area contributed by atoms with Gasteiger partial charge in [0.25, 0.3) is 0 Å². The summed E-state index contributed by atoms with van der Waals surface area (Å²) in [7, 11) is -5.50. The van der Waals surface area contributed by atoms with Crippen LogP contribution in [0.4, 0.5) is 35.9 Å². The van der Waals surface area contributed by atoms with Crippen molar-refractivity contribution in [2.24, 2.45) is 0 Å². The fourth-order valence-corrected chi connectivity index (χ4v) is 3.31. The Bertz CT molecular complexity index is 1050. The monoisotopic (exact) mass is 420 g/mol. The third kappa shape index (κ3) is 4.71. The molecule has 0 aliphatic rings. The Hall–Kier alpha value is -3.00. The van der Waals surface area contributed by atoms with E-state index in [1.54, 1.807) is 10.8 Å². The minimum absolute atomic E-state index is 0.177. The molecule has 152 valence electrons. The van der Waals surface area contributed by atoms with Crippen LogP contribution in [0, 0.1) is 13.8 Å². The van der Waals surface area contributed by atoms with E-state index in [0.717, 1.165) is 22.5 Å². The maximum atomic E-state index is 12.7. The van der Waals surface area contributed by atoms with E-state index in [-0.39, 0.29) is 5.69 Å². The van der Waals surface area contributed by atoms with E-state index >= 15 is 0 Å². The van der Waals surface area contributed by atoms with Gasteiger partial charge in [0.1, 0.15) is 0 Å². The number of alkyl halides is 3. The van der Waals surface area contributed by atoms with Gasteiger partial charge >= 0.3 is 15.5 Å². The Kier molecular flexibility index (Phi) is 5.57. The van der Waals surface area contributed by atoms with Crippen LogP contribution < -0.4 is 9.62 Å². The van der Waals surface area contributed by atoms with Gasteiger partial charge in [0.2, 0.25) is 0 Å². The maximum absolute atomic E-state index is 12.7. The van der Waals surface area contributed by atoms with Crippen molar-refractivity contribution in [3.63, 3.8) is 0 Å². The van der Waals surface area contributed by atoms with E-state index in [4.69, 9.17) is 0 Å². The number of anilines is 4. The van der Waals surface area contributed by atoms with Crippen molar-refractivity contribution in [1.82, 2.24) is 0 Å². The summed E-state index contributed by atoms with van der Waals surface area (Å²) in [6, 6.07) is 21.1. The minimum Gasteiger partial charge on any atom is -0.310 e. The average Bonchev–Trinajstić information content (AvgIpc) is 2.64. The summed E-state index contributed by atoms with van der Waals surface area (Å²) in [4.78, 5) is 1.84. The van der Waals surface area contributed by atoms with Crippen molar-refractivity contribution in [1.29, 1.82) is 0 Å². The Morgan fingerprint density at radius 3 is 1.69 bits per heavy atom. The molecule has 0 aliphatic heterocycles. The Morgan fingerprint density at radius 1 is 0.759 bits per heavy atom. The van der Waals surface area contributed by atoms with Crippen molar-refractivity contribution in [2.75, 3.05) is 9.62 Å². The highest BCUT2D eigenvalue weighted by atomic mass is 32.2. The highest BCUT2D eigenvalue weighted by Gasteiger charge is 2.46. The molecule has 4 nitrogen and oxygen atoms in total. The molecule has 0 spiro atoms. The number of hydrogen-bond acceptors (Lipinski definition) is 3. The molecule has 0 atom stereocenters. The average molecular weight is 420 g/mol. The lowest BCUT2D eigenvalue weighted by Gasteiger charge is -2.26. The number of nitrogens with zero attached hydrogens (tertiary/aromatic N) is 1. The lowest BCUT2D eigenvalue weighted by molar-refractivity contribution is -0.0429. The van der Waals surface area contributed by atoms with Gasteiger partial charge < -0.3 is 4.90 Å². The Balaban J connectivity index is 2.07. The first kappa shape index (κ1) is 20.7. The molecule has 29 heavy (non-hydrogen) atoms. The standard InChI is InChI=1S/C21H19F3N2O2S/c1-15-6-10-18(11-7-15)26(19-12-8-16(2)9-13-19)20-5-3-4-17(14-20)25-29(27,28)21(22,23)24/h3-14,25H,1-2H3. The van der Waals surface area contributed by atoms with Crippen molar-refractivity contribution >= 4 is 32.8 Å². The fourth-order valence-electron chi connectivity index (χ4n) is 2.76. The summed E-state index contributed by atoms with van der Waals surface area (Å²) in [5.74, 6) is 0. The highest BCUT2D eigenvalue weighted by molar-refractivity contribution is 7.93. The summed E-state index contributed by atoms with van der Waals surface area (Å²) < 4.78 is 62.7. The molecule has 0 amide bonds. The molecular formula is C21H19F3N2O2S. The summed E-state index contributed by atoms with van der Waals surface area (Å²) in [6.07, 6.45) is 0. The van der Waals surface area contributed by atoms with Crippen LogP contribution in [0.3, 0.4) is 0 Å². The molecule has 0 heterocycles. The molecule has 3 aromatic carbocycles. The topological polar surface area (TPSA) is 49.4 Å². The molecule has 3 rings (SSSR count). The van der Waals surface area contributed by atoms with E-state index in [1.807, 2.05) is 67.3 Å². The maximum Gasteiger partial charge on any atom is 0.516 e. The van der Waals surface area contributed by atoms with Gasteiger partial charge in [0, 0.05) is 17.1 Å². The molecule has 0 unspecified atom stereocenters. The Labute approximate surface area is 167 Å². The van der Waals surface area contributed by atoms with Crippen LogP contribution in [0.15, 0.2) is 72.8 Å². The zero-order chi connectivity index (χ0) is 21.2. The van der Waals surface area contributed by atoms with Gasteiger partial charge in [-0.25, -0.2) is 0 Å². The van der Waals surface area contributed by atoms with Gasteiger partial charge in [-0.1, -0.05) is 41.5 Å². The molecule has 0 bridgehead atoms. The number of nitrogens with one attached hydrogen (secondary N) is 1. The zero-order valence-corrected chi connectivity index (χ0v) is 16.6. The lowest BCUT2D eigenvalue weighted by Crippen LogP contribution is -2.29. The van der Waals surface area contributed by atoms with Crippen LogP contribution in [0.1, 0.15) is 11.1 Å². The number of rotatable bonds is 5. The molecular weight excluding hydrogens is 401 g/mol. The van der Waals surface area contributed by atoms with Crippen molar-refractivity contribution in [3.8, 4) is 0 Å². The van der Waals surface area contributed by atoms with E-state index in [2.05, 4.69) is 0 Å². The summed E-state index contributed by atoms with van der Waals surface area (Å²) in [5.41, 5.74) is -1.36. The Morgan fingerprint density at radius 2 is 1.24 bits per heavy atom. The second kappa shape index (κ2) is 7.79. The first-order valence-corrected chi connectivity index (χ1v) is 10.2. The third-order valence-electron chi connectivity index (χ3n) is 4.25. The summed E-state index contributed by atoms with van der Waals surface area (Å²) in [6.45, 7) is 3.90. The SMILES string of the molecule is Cc1ccc(N(c2ccc(C)cc2)c2cccc(NS(=O)(=O)C(F)(F)F)c2)cc1. The largest absolute Gasteiger partial charge is 0.516 e. The molecule has 8 heteroatoms. The van der Waals surface area contributed by atoms with Crippen LogP contribution in [-0.4, -0.2) is 13.9 Å². The second-order valence-electron chi connectivity index (χ2n) is 6.61. The van der Waals surface area contributed by atoms with Crippen LogP contribution >= 0.6 is 0 Å². The normalized spacial score (nSPS) is 11.9. The van der Waals surface area contributed by atoms with Crippen LogP contribution in [0.25, 0.3) is 0 Å². The second-order valence-corrected chi connectivity index (χ2v) is 8.28. The van der Waals surface area contributed by atoms with Crippen molar-refractivity contribution < 1.29 is 21.6 Å². The van der Waals surface area contributed by atoms with Crippen LogP contribution in [-0.2, 0) is 10.0 Å². The van der Waals surface area contributed by atoms with Crippen molar-refractivity contribution in [3.05, 3.63) is 83.9 Å². The summed E-state index contributed by atoms with van der Waals surface area (Å²) in [5, 5.41) is 0. The van der Waals surface area contributed by atoms with E-state index in [1.165, 1.54) is 18.2 Å². The van der Waals surface area contributed by atoms with Gasteiger partial charge in [0.05, 0.1) is 5.69 Å². The zero-order valence-electron chi connectivity index (χ0n) is 15.7. The van der Waals surface area contributed by atoms with Gasteiger partial charge in [-0.05, 0) is 56.3 Å². The predicted molar refractivity (Wildman–Crippen MR) is 109 cm³/mol. The fraction of sp³-hybridized carbons (Fsp3) is 0.143. The number of benzene rings is 3. The third-order valence-corrected chi connectivity index (χ3v) is 5.36. The predicted octanol–water partition coefficient (Wildman–Crippen LogP) is 6.03. The number of hydrogen-bond donors (Lipinski definition) is 1. The number of aryl methyl sites for hydroxylation is 2. The molecule has 0 fully saturated rings. The van der Waals surface area contributed by atoms with E-state index in [9.17, 15) is 21.6 Å². The molecule has 0 radical (unpaired) electrons. The molecule has 1 N–H and O–H groups in total. The van der Waals surface area contributed by atoms with Crippen LogP contribution in [0.2, 0.25) is 0 Å². The van der Waals surface area contributed by atoms with E-state index in [0.29, 0.717) is 5.69 Å². The first-order valence-electron chi connectivity index (χ1n) is 8.69. The number of sulfonamides is 1. The molecule has 0 saturated carbocycles. The molecule has 3 aromatic rings. The van der Waals surface area contributed by atoms with Gasteiger partial charge in [-0.3, -0.25) is 4.72 Å². The highest BCUT2D eigenvalue weighted by Crippen LogP contribution is 2.36. The van der Waals surface area contributed by atoms with Gasteiger partial charge in [-0.2, -0.15) is 21.6 Å². The minimum atomic E-state index is -5.50. The quantitative estimate of drug-likeness (QED) is 0.548. The first-order chi connectivity index (χ1) is 13.6. The molecule has 0 saturated heterocycles. The smallest absolute Gasteiger partial charge is 0.310 e. The molecule has 0 aromatic heterocycles. The summed E-state index contributed by atoms with van der Waals surface area (Å²) >= 11 is 0. The molecule has 0 aliphatic carbocycles. The number of halogens is 3.